The van der Waals surface area contributed by atoms with E-state index in [-0.39, 0.29) is 12.0 Å². The van der Waals surface area contributed by atoms with Crippen LogP contribution in [0.5, 0.6) is 11.5 Å². The van der Waals surface area contributed by atoms with E-state index >= 15 is 0 Å². The zero-order valence-corrected chi connectivity index (χ0v) is 17.6. The van der Waals surface area contributed by atoms with E-state index in [0.29, 0.717) is 31.6 Å². The molecule has 0 radical (unpaired) electrons. The maximum absolute atomic E-state index is 12.5. The van der Waals surface area contributed by atoms with Crippen LogP contribution >= 0.6 is 0 Å². The van der Waals surface area contributed by atoms with Gasteiger partial charge in [-0.2, -0.15) is 0 Å². The number of cyclic esters (lactones) is 1. The highest BCUT2D eigenvalue weighted by molar-refractivity contribution is 5.80. The van der Waals surface area contributed by atoms with Gasteiger partial charge in [-0.3, -0.25) is 0 Å². The van der Waals surface area contributed by atoms with Gasteiger partial charge in [0.1, 0.15) is 29.7 Å². The molecule has 1 aliphatic rings. The van der Waals surface area contributed by atoms with Crippen molar-refractivity contribution in [2.45, 2.75) is 50.9 Å². The molecule has 166 valence electrons. The van der Waals surface area contributed by atoms with Crippen LogP contribution in [0.2, 0.25) is 0 Å². The molecule has 2 N–H and O–H groups in total. The van der Waals surface area contributed by atoms with Gasteiger partial charge in [-0.05, 0) is 50.5 Å². The van der Waals surface area contributed by atoms with Crippen LogP contribution in [-0.4, -0.2) is 42.0 Å². The summed E-state index contributed by atoms with van der Waals surface area (Å²) >= 11 is 0. The predicted molar refractivity (Wildman–Crippen MR) is 115 cm³/mol. The Hall–Kier alpha value is -3.22. The second kappa shape index (κ2) is 11.2. The zero-order chi connectivity index (χ0) is 22.1. The van der Waals surface area contributed by atoms with Crippen LogP contribution in [0.3, 0.4) is 0 Å². The third-order valence-electron chi connectivity index (χ3n) is 5.40. The number of para-hydroxylation sites is 2. The average Bonchev–Trinajstić information content (AvgIpc) is 2.81. The average molecular weight is 427 g/mol. The minimum atomic E-state index is -1.24. The first-order valence-electron chi connectivity index (χ1n) is 10.6. The van der Waals surface area contributed by atoms with Crippen molar-refractivity contribution < 1.29 is 28.9 Å². The van der Waals surface area contributed by atoms with Crippen LogP contribution in [0.25, 0.3) is 0 Å². The zero-order valence-electron chi connectivity index (χ0n) is 17.6. The summed E-state index contributed by atoms with van der Waals surface area (Å²) < 4.78 is 17.8. The molecule has 1 heterocycles. The first-order chi connectivity index (χ1) is 15.0. The molecule has 1 aliphatic heterocycles. The van der Waals surface area contributed by atoms with Crippen molar-refractivity contribution in [1.82, 2.24) is 5.32 Å². The molecule has 1 saturated heterocycles. The molecule has 0 unspecified atom stereocenters. The van der Waals surface area contributed by atoms with Crippen LogP contribution in [0.1, 0.15) is 32.6 Å². The standard InChI is InChI=1S/C24H29NO6/c1-17-22(31-20-12-6-3-7-13-20)18(15-16-29-19-10-4-2-5-11-19)9-8-14-21(23(26)30-17)25-24(27)28/h2-7,10-13,17-18,21-22,25H,8-9,14-16H2,1H3,(H,27,28)/t17-,18+,21-,22-/m0/s1. The van der Waals surface area contributed by atoms with E-state index in [9.17, 15) is 9.59 Å². The summed E-state index contributed by atoms with van der Waals surface area (Å²) in [6, 6.07) is 18.2. The number of carbonyl (C=O) groups is 2. The molecule has 0 aromatic heterocycles. The molecule has 3 rings (SSSR count). The first-order valence-corrected chi connectivity index (χ1v) is 10.6. The van der Waals surface area contributed by atoms with Gasteiger partial charge in [-0.15, -0.1) is 0 Å². The Morgan fingerprint density at radius 1 is 1.06 bits per heavy atom. The van der Waals surface area contributed by atoms with Crippen molar-refractivity contribution in [3.63, 3.8) is 0 Å². The van der Waals surface area contributed by atoms with E-state index in [4.69, 9.17) is 19.3 Å². The molecular formula is C24H29NO6. The van der Waals surface area contributed by atoms with Crippen molar-refractivity contribution in [3.05, 3.63) is 60.7 Å². The van der Waals surface area contributed by atoms with E-state index < -0.39 is 24.2 Å². The van der Waals surface area contributed by atoms with Crippen LogP contribution < -0.4 is 14.8 Å². The number of amides is 1. The number of benzene rings is 2. The normalized spacial score (nSPS) is 24.1. The fourth-order valence-electron chi connectivity index (χ4n) is 3.86. The SMILES string of the molecule is C[C@@H]1OC(=O)[C@@H](NC(=O)O)CCC[C@H](CCOc2ccccc2)[C@H]1Oc1ccccc1. The number of carbonyl (C=O) groups excluding carboxylic acids is 1. The monoisotopic (exact) mass is 427 g/mol. The highest BCUT2D eigenvalue weighted by Gasteiger charge is 2.35. The van der Waals surface area contributed by atoms with Gasteiger partial charge in [-0.1, -0.05) is 42.8 Å². The predicted octanol–water partition coefficient (Wildman–Crippen LogP) is 4.27. The first kappa shape index (κ1) is 22.5. The molecule has 31 heavy (non-hydrogen) atoms. The second-order valence-corrected chi connectivity index (χ2v) is 7.68. The van der Waals surface area contributed by atoms with Gasteiger partial charge in [0.15, 0.2) is 0 Å². The highest BCUT2D eigenvalue weighted by atomic mass is 16.6. The smallest absolute Gasteiger partial charge is 0.405 e. The number of ether oxygens (including phenoxy) is 3. The molecule has 2 aromatic carbocycles. The van der Waals surface area contributed by atoms with Gasteiger partial charge in [0.25, 0.3) is 0 Å². The van der Waals surface area contributed by atoms with E-state index in [0.717, 1.165) is 12.2 Å². The van der Waals surface area contributed by atoms with E-state index in [1.54, 1.807) is 6.92 Å². The van der Waals surface area contributed by atoms with Crippen molar-refractivity contribution in [2.24, 2.45) is 5.92 Å². The highest BCUT2D eigenvalue weighted by Crippen LogP contribution is 2.28. The lowest BCUT2D eigenvalue weighted by Crippen LogP contribution is -2.44. The van der Waals surface area contributed by atoms with Gasteiger partial charge in [0, 0.05) is 5.92 Å². The summed E-state index contributed by atoms with van der Waals surface area (Å²) in [5.41, 5.74) is 0. The van der Waals surface area contributed by atoms with Crippen molar-refractivity contribution in [1.29, 1.82) is 0 Å². The molecular weight excluding hydrogens is 398 g/mol. The molecule has 1 amide bonds. The van der Waals surface area contributed by atoms with Crippen molar-refractivity contribution in [3.8, 4) is 11.5 Å². The Balaban J connectivity index is 1.74. The van der Waals surface area contributed by atoms with Gasteiger partial charge in [0.05, 0.1) is 6.61 Å². The minimum absolute atomic E-state index is 0.0651. The largest absolute Gasteiger partial charge is 0.494 e. The molecule has 7 heteroatoms. The molecule has 7 nitrogen and oxygen atoms in total. The number of hydrogen-bond acceptors (Lipinski definition) is 5. The van der Waals surface area contributed by atoms with E-state index in [2.05, 4.69) is 5.32 Å². The molecule has 0 aliphatic carbocycles. The molecule has 4 atom stereocenters. The van der Waals surface area contributed by atoms with Gasteiger partial charge >= 0.3 is 12.1 Å². The summed E-state index contributed by atoms with van der Waals surface area (Å²) in [6.07, 6.45) is 0.349. The topological polar surface area (TPSA) is 94.1 Å². The Labute approximate surface area is 182 Å². The summed E-state index contributed by atoms with van der Waals surface area (Å²) in [4.78, 5) is 23.6. The Morgan fingerprint density at radius 2 is 1.71 bits per heavy atom. The summed E-state index contributed by atoms with van der Waals surface area (Å²) in [5.74, 6) is 0.994. The Kier molecular flexibility index (Phi) is 8.15. The lowest BCUT2D eigenvalue weighted by atomic mass is 9.89. The number of nitrogens with one attached hydrogen (secondary N) is 1. The van der Waals surface area contributed by atoms with E-state index in [1.165, 1.54) is 0 Å². The summed E-state index contributed by atoms with van der Waals surface area (Å²) in [5, 5.41) is 11.3. The number of hydrogen-bond donors (Lipinski definition) is 2. The molecule has 2 aromatic rings. The molecule has 0 saturated carbocycles. The molecule has 0 bridgehead atoms. The number of esters is 1. The van der Waals surface area contributed by atoms with Gasteiger partial charge in [0.2, 0.25) is 0 Å². The van der Waals surface area contributed by atoms with Crippen LogP contribution in [0, 0.1) is 5.92 Å². The quantitative estimate of drug-likeness (QED) is 0.641. The van der Waals surface area contributed by atoms with Crippen LogP contribution in [-0.2, 0) is 9.53 Å². The number of rotatable bonds is 7. The third kappa shape index (κ3) is 6.91. The summed E-state index contributed by atoms with van der Waals surface area (Å²) in [6.45, 7) is 2.29. The maximum atomic E-state index is 12.5. The van der Waals surface area contributed by atoms with Crippen molar-refractivity contribution in [2.75, 3.05) is 6.61 Å². The second-order valence-electron chi connectivity index (χ2n) is 7.68. The van der Waals surface area contributed by atoms with Crippen molar-refractivity contribution >= 4 is 12.1 Å². The molecule has 1 fully saturated rings. The van der Waals surface area contributed by atoms with Crippen LogP contribution in [0.15, 0.2) is 60.7 Å². The van der Waals surface area contributed by atoms with Gasteiger partial charge in [-0.25, -0.2) is 9.59 Å². The Morgan fingerprint density at radius 3 is 2.35 bits per heavy atom. The maximum Gasteiger partial charge on any atom is 0.405 e. The summed E-state index contributed by atoms with van der Waals surface area (Å²) in [7, 11) is 0. The fraction of sp³-hybridized carbons (Fsp3) is 0.417. The third-order valence-corrected chi connectivity index (χ3v) is 5.40. The van der Waals surface area contributed by atoms with Gasteiger partial charge < -0.3 is 24.6 Å². The number of carboxylic acid groups (broad SMARTS) is 1. The lowest BCUT2D eigenvalue weighted by Gasteiger charge is -2.31. The van der Waals surface area contributed by atoms with Crippen LogP contribution in [0.4, 0.5) is 4.79 Å². The van der Waals surface area contributed by atoms with E-state index in [1.807, 2.05) is 60.7 Å². The Bertz CT molecular complexity index is 828. The fourth-order valence-corrected chi connectivity index (χ4v) is 3.86. The minimum Gasteiger partial charge on any atom is -0.494 e. The lowest BCUT2D eigenvalue weighted by molar-refractivity contribution is -0.156. The molecule has 0 spiro atoms.